The Morgan fingerprint density at radius 3 is 2.61 bits per heavy atom. The molecule has 0 unspecified atom stereocenters. The van der Waals surface area contributed by atoms with Crippen LogP contribution in [-0.4, -0.2) is 25.2 Å². The average Bonchev–Trinajstić information content (AvgIpc) is 2.90. The van der Waals surface area contributed by atoms with Crippen molar-refractivity contribution in [1.29, 1.82) is 0 Å². The quantitative estimate of drug-likeness (QED) is 0.837. The first kappa shape index (κ1) is 17.2. The van der Waals surface area contributed by atoms with Gasteiger partial charge in [0.1, 0.15) is 5.75 Å². The number of hydrogen-bond acceptors (Lipinski definition) is 5. The number of hydrogen-bond donors (Lipinski definition) is 1. The van der Waals surface area contributed by atoms with Crippen LogP contribution in [-0.2, 0) is 20.4 Å². The molecule has 0 fully saturated rings. The molecule has 1 aromatic heterocycles. The summed E-state index contributed by atoms with van der Waals surface area (Å²) < 4.78 is 28.9. The molecule has 124 valence electrons. The van der Waals surface area contributed by atoms with E-state index in [1.807, 2.05) is 37.3 Å². The first-order chi connectivity index (χ1) is 10.9. The maximum atomic E-state index is 12.0. The Labute approximate surface area is 135 Å². The Kier molecular flexibility index (Phi) is 5.54. The molecule has 1 N–H and O–H groups in total. The molecule has 1 atom stereocenters. The van der Waals surface area contributed by atoms with Crippen molar-refractivity contribution in [2.24, 2.45) is 0 Å². The van der Waals surface area contributed by atoms with Crippen LogP contribution in [0.3, 0.4) is 0 Å². The van der Waals surface area contributed by atoms with Crippen LogP contribution < -0.4 is 5.32 Å². The van der Waals surface area contributed by atoms with E-state index in [4.69, 9.17) is 4.52 Å². The van der Waals surface area contributed by atoms with E-state index < -0.39 is 9.84 Å². The third kappa shape index (κ3) is 5.52. The molecule has 0 radical (unpaired) electrons. The van der Waals surface area contributed by atoms with Crippen molar-refractivity contribution in [3.63, 3.8) is 0 Å². The number of sulfone groups is 1. The second kappa shape index (κ2) is 7.41. The first-order valence-electron chi connectivity index (χ1n) is 7.32. The Morgan fingerprint density at radius 1 is 1.30 bits per heavy atom. The van der Waals surface area contributed by atoms with Crippen molar-refractivity contribution >= 4 is 15.7 Å². The predicted octanol–water partition coefficient (Wildman–Crippen LogP) is 2.17. The molecule has 7 heteroatoms. The van der Waals surface area contributed by atoms with Crippen molar-refractivity contribution in [3.8, 4) is 0 Å². The second-order valence-electron chi connectivity index (χ2n) is 5.48. The zero-order valence-corrected chi connectivity index (χ0v) is 14.0. The number of carbonyl (C=O) groups excluding carboxylic acids is 1. The van der Waals surface area contributed by atoms with E-state index in [9.17, 15) is 13.2 Å². The first-order valence-corrected chi connectivity index (χ1v) is 9.15. The van der Waals surface area contributed by atoms with Crippen LogP contribution in [0.25, 0.3) is 0 Å². The topological polar surface area (TPSA) is 89.3 Å². The van der Waals surface area contributed by atoms with Crippen molar-refractivity contribution in [1.82, 2.24) is 10.5 Å². The highest BCUT2D eigenvalue weighted by molar-refractivity contribution is 7.90. The molecule has 0 aliphatic carbocycles. The lowest BCUT2D eigenvalue weighted by atomic mass is 10.1. The maximum absolute atomic E-state index is 12.0. The molecule has 0 spiro atoms. The minimum Gasteiger partial charge on any atom is -0.360 e. The highest BCUT2D eigenvalue weighted by atomic mass is 32.2. The van der Waals surface area contributed by atoms with Crippen LogP contribution in [0.1, 0.15) is 36.4 Å². The standard InChI is InChI=1S/C16H20N2O4S/c1-12-10-15(22-18-12)11-23(20,21)9-8-16(19)17-13(2)14-6-4-3-5-7-14/h3-7,10,13H,8-9,11H2,1-2H3,(H,17,19)/t13-/m1/s1. The van der Waals surface area contributed by atoms with Crippen molar-refractivity contribution in [2.45, 2.75) is 32.1 Å². The fraction of sp³-hybridized carbons (Fsp3) is 0.375. The summed E-state index contributed by atoms with van der Waals surface area (Å²) in [4.78, 5) is 11.9. The lowest BCUT2D eigenvalue weighted by Gasteiger charge is -2.14. The maximum Gasteiger partial charge on any atom is 0.221 e. The lowest BCUT2D eigenvalue weighted by molar-refractivity contribution is -0.121. The highest BCUT2D eigenvalue weighted by Crippen LogP contribution is 2.12. The summed E-state index contributed by atoms with van der Waals surface area (Å²) in [6.07, 6.45) is -0.0768. The zero-order valence-electron chi connectivity index (χ0n) is 13.2. The van der Waals surface area contributed by atoms with Crippen molar-refractivity contribution < 1.29 is 17.7 Å². The number of amides is 1. The Morgan fingerprint density at radius 2 is 2.00 bits per heavy atom. The van der Waals surface area contributed by atoms with E-state index in [0.29, 0.717) is 11.5 Å². The summed E-state index contributed by atoms with van der Waals surface area (Å²) in [7, 11) is -3.41. The van der Waals surface area contributed by atoms with E-state index >= 15 is 0 Å². The molecule has 2 rings (SSSR count). The molecule has 6 nitrogen and oxygen atoms in total. The van der Waals surface area contributed by atoms with Gasteiger partial charge in [0.25, 0.3) is 0 Å². The number of nitrogens with one attached hydrogen (secondary N) is 1. The van der Waals surface area contributed by atoms with Crippen LogP contribution in [0.5, 0.6) is 0 Å². The Bertz CT molecular complexity index is 753. The van der Waals surface area contributed by atoms with E-state index in [1.165, 1.54) is 0 Å². The molecule has 0 saturated heterocycles. The molecular weight excluding hydrogens is 316 g/mol. The number of carbonyl (C=O) groups is 1. The predicted molar refractivity (Wildman–Crippen MR) is 86.3 cm³/mol. The Hall–Kier alpha value is -2.15. The number of nitrogens with zero attached hydrogens (tertiary/aromatic N) is 1. The number of benzene rings is 1. The fourth-order valence-corrected chi connectivity index (χ4v) is 3.37. The molecule has 23 heavy (non-hydrogen) atoms. The van der Waals surface area contributed by atoms with Gasteiger partial charge in [-0.2, -0.15) is 0 Å². The van der Waals surface area contributed by atoms with Gasteiger partial charge in [0.05, 0.1) is 17.5 Å². The summed E-state index contributed by atoms with van der Waals surface area (Å²) in [5.74, 6) is -0.464. The summed E-state index contributed by atoms with van der Waals surface area (Å²) >= 11 is 0. The SMILES string of the molecule is Cc1cc(CS(=O)(=O)CCC(=O)N[C@H](C)c2ccccc2)on1. The summed E-state index contributed by atoms with van der Waals surface area (Å²) in [5.41, 5.74) is 1.60. The molecule has 1 heterocycles. The fourth-order valence-electron chi connectivity index (χ4n) is 2.16. The van der Waals surface area contributed by atoms with Gasteiger partial charge >= 0.3 is 0 Å². The van der Waals surface area contributed by atoms with Gasteiger partial charge in [-0.25, -0.2) is 8.42 Å². The third-order valence-electron chi connectivity index (χ3n) is 3.36. The molecule has 0 bridgehead atoms. The smallest absolute Gasteiger partial charge is 0.221 e. The minimum atomic E-state index is -3.41. The van der Waals surface area contributed by atoms with Gasteiger partial charge in [-0.15, -0.1) is 0 Å². The number of aryl methyl sites for hydroxylation is 1. The van der Waals surface area contributed by atoms with Gasteiger partial charge in [0.2, 0.25) is 5.91 Å². The van der Waals surface area contributed by atoms with Crippen LogP contribution in [0.15, 0.2) is 40.9 Å². The molecule has 2 aromatic rings. The van der Waals surface area contributed by atoms with Gasteiger partial charge in [-0.05, 0) is 19.4 Å². The highest BCUT2D eigenvalue weighted by Gasteiger charge is 2.18. The van der Waals surface area contributed by atoms with Crippen LogP contribution >= 0.6 is 0 Å². The van der Waals surface area contributed by atoms with Gasteiger partial charge in [0, 0.05) is 12.5 Å². The van der Waals surface area contributed by atoms with Gasteiger partial charge in [0.15, 0.2) is 15.6 Å². The summed E-state index contributed by atoms with van der Waals surface area (Å²) in [6.45, 7) is 3.58. The average molecular weight is 336 g/mol. The van der Waals surface area contributed by atoms with Gasteiger partial charge in [-0.1, -0.05) is 35.5 Å². The van der Waals surface area contributed by atoms with Crippen LogP contribution in [0, 0.1) is 6.92 Å². The van der Waals surface area contributed by atoms with E-state index in [1.54, 1.807) is 13.0 Å². The Balaban J connectivity index is 1.83. The molecular formula is C16H20N2O4S. The molecule has 0 saturated carbocycles. The normalized spacial score (nSPS) is 12.8. The lowest BCUT2D eigenvalue weighted by Crippen LogP contribution is -2.28. The minimum absolute atomic E-state index is 0.0768. The molecule has 1 amide bonds. The van der Waals surface area contributed by atoms with Crippen LogP contribution in [0.2, 0.25) is 0 Å². The van der Waals surface area contributed by atoms with E-state index in [2.05, 4.69) is 10.5 Å². The number of aromatic nitrogens is 1. The number of rotatable bonds is 7. The second-order valence-corrected chi connectivity index (χ2v) is 7.66. The zero-order chi connectivity index (χ0) is 16.9. The summed E-state index contributed by atoms with van der Waals surface area (Å²) in [6, 6.07) is 10.9. The van der Waals surface area contributed by atoms with Gasteiger partial charge < -0.3 is 9.84 Å². The van der Waals surface area contributed by atoms with E-state index in [-0.39, 0.29) is 29.9 Å². The molecule has 1 aromatic carbocycles. The van der Waals surface area contributed by atoms with Crippen molar-refractivity contribution in [2.75, 3.05) is 5.75 Å². The monoisotopic (exact) mass is 336 g/mol. The third-order valence-corrected chi connectivity index (χ3v) is 4.91. The largest absolute Gasteiger partial charge is 0.360 e. The van der Waals surface area contributed by atoms with E-state index in [0.717, 1.165) is 5.56 Å². The molecule has 0 aliphatic rings. The van der Waals surface area contributed by atoms with Gasteiger partial charge in [-0.3, -0.25) is 4.79 Å². The van der Waals surface area contributed by atoms with Crippen LogP contribution in [0.4, 0.5) is 0 Å². The summed E-state index contributed by atoms with van der Waals surface area (Å²) in [5, 5.41) is 6.45. The molecule has 0 aliphatic heterocycles. The van der Waals surface area contributed by atoms with Crippen molar-refractivity contribution in [3.05, 3.63) is 53.4 Å².